The summed E-state index contributed by atoms with van der Waals surface area (Å²) in [4.78, 5) is 54.1. The summed E-state index contributed by atoms with van der Waals surface area (Å²) >= 11 is 20.6. The van der Waals surface area contributed by atoms with Gasteiger partial charge in [0.25, 0.3) is 11.8 Å². The van der Waals surface area contributed by atoms with Crippen molar-refractivity contribution in [3.05, 3.63) is 101 Å². The van der Waals surface area contributed by atoms with Crippen LogP contribution in [0.2, 0.25) is 5.02 Å². The zero-order valence-electron chi connectivity index (χ0n) is 22.2. The Morgan fingerprint density at radius 3 is 2.02 bits per heavy atom. The minimum Gasteiger partial charge on any atom is -0.508 e. The largest absolute Gasteiger partial charge is 0.508 e. The highest BCUT2D eigenvalue weighted by Crippen LogP contribution is 2.65. The maximum absolute atomic E-state index is 14.3. The molecule has 43 heavy (non-hydrogen) atoms. The number of hydrogen-bond donors (Lipinski definition) is 1. The van der Waals surface area contributed by atoms with Crippen LogP contribution in [-0.2, 0) is 19.2 Å². The predicted molar refractivity (Wildman–Crippen MR) is 159 cm³/mol. The normalized spacial score (nSPS) is 31.6. The van der Waals surface area contributed by atoms with E-state index in [1.165, 1.54) is 24.3 Å². The van der Waals surface area contributed by atoms with Gasteiger partial charge < -0.3 is 5.11 Å². The SMILES string of the molecule is O=C1C2CC=C3C(CC4(Cl)C(=O)N(c5ccc(F)cc5)C(=O)C4(Cl)C3c3ccc(O)cc3)C2C(=O)N1c1ccc(Cl)cc1. The molecular weight excluding hydrogens is 618 g/mol. The molecule has 4 amide bonds. The Balaban J connectivity index is 1.38. The zero-order valence-corrected chi connectivity index (χ0v) is 24.5. The number of nitrogens with zero attached hydrogens (tertiary/aromatic N) is 2. The van der Waals surface area contributed by atoms with Crippen LogP contribution in [0, 0.1) is 23.6 Å². The van der Waals surface area contributed by atoms with Crippen molar-refractivity contribution in [3.8, 4) is 5.75 Å². The van der Waals surface area contributed by atoms with Crippen LogP contribution < -0.4 is 9.80 Å². The van der Waals surface area contributed by atoms with E-state index in [1.54, 1.807) is 36.4 Å². The maximum Gasteiger partial charge on any atom is 0.258 e. The van der Waals surface area contributed by atoms with E-state index in [1.807, 2.05) is 6.08 Å². The first-order valence-electron chi connectivity index (χ1n) is 13.6. The molecule has 11 heteroatoms. The molecule has 2 saturated heterocycles. The second-order valence-electron chi connectivity index (χ2n) is 11.3. The third-order valence-corrected chi connectivity index (χ3v) is 10.9. The van der Waals surface area contributed by atoms with E-state index in [-0.39, 0.29) is 30.2 Å². The number of amides is 4. The Labute approximate surface area is 260 Å². The third kappa shape index (κ3) is 3.79. The summed E-state index contributed by atoms with van der Waals surface area (Å²) in [6.07, 6.45) is 1.86. The number of fused-ring (bicyclic) bond motifs is 4. The molecule has 2 aliphatic heterocycles. The van der Waals surface area contributed by atoms with Crippen LogP contribution in [0.5, 0.6) is 5.75 Å². The van der Waals surface area contributed by atoms with Crippen molar-refractivity contribution in [2.45, 2.75) is 28.5 Å². The van der Waals surface area contributed by atoms with Crippen molar-refractivity contribution in [1.82, 2.24) is 0 Å². The fourth-order valence-electron chi connectivity index (χ4n) is 7.28. The smallest absolute Gasteiger partial charge is 0.258 e. The first-order chi connectivity index (χ1) is 20.5. The highest BCUT2D eigenvalue weighted by atomic mass is 35.5. The van der Waals surface area contributed by atoms with Crippen molar-refractivity contribution in [3.63, 3.8) is 0 Å². The number of imide groups is 2. The molecule has 7 nitrogen and oxygen atoms in total. The van der Waals surface area contributed by atoms with Gasteiger partial charge in [-0.25, -0.2) is 9.29 Å². The monoisotopic (exact) mass is 638 g/mol. The average Bonchev–Trinajstić information content (AvgIpc) is 3.33. The maximum atomic E-state index is 14.3. The molecule has 7 rings (SSSR count). The van der Waals surface area contributed by atoms with E-state index in [4.69, 9.17) is 34.8 Å². The Kier molecular flexibility index (Phi) is 6.30. The molecule has 4 aliphatic rings. The van der Waals surface area contributed by atoms with Crippen molar-refractivity contribution < 1.29 is 28.7 Å². The predicted octanol–water partition coefficient (Wildman–Crippen LogP) is 5.95. The molecule has 0 spiro atoms. The highest BCUT2D eigenvalue weighted by Gasteiger charge is 2.76. The standard InChI is InChI=1S/C32H22Cl3FN2O5/c33-17-3-7-19(8-4-17)37-27(40)23-14-13-22-24(25(23)28(37)41)15-31(34)29(42)38(20-9-5-18(36)6-10-20)30(43)32(31,35)26(22)16-1-11-21(39)12-2-16/h1-13,23-26,39H,14-15H2. The number of halogens is 4. The number of carbonyl (C=O) groups is 4. The minimum absolute atomic E-state index is 0.0218. The summed E-state index contributed by atoms with van der Waals surface area (Å²) < 4.78 is 13.8. The van der Waals surface area contributed by atoms with Crippen LogP contribution in [-0.4, -0.2) is 38.5 Å². The van der Waals surface area contributed by atoms with Gasteiger partial charge in [-0.05, 0) is 85.0 Å². The average molecular weight is 640 g/mol. The molecule has 218 valence electrons. The first-order valence-corrected chi connectivity index (χ1v) is 14.8. The Bertz CT molecular complexity index is 1750. The van der Waals surface area contributed by atoms with Crippen LogP contribution in [0.1, 0.15) is 24.3 Å². The molecule has 6 atom stereocenters. The van der Waals surface area contributed by atoms with Crippen LogP contribution in [0.4, 0.5) is 15.8 Å². The number of anilines is 2. The van der Waals surface area contributed by atoms with E-state index in [0.29, 0.717) is 21.8 Å². The number of aromatic hydroxyl groups is 1. The highest BCUT2D eigenvalue weighted by molar-refractivity contribution is 6.58. The molecule has 3 aromatic carbocycles. The van der Waals surface area contributed by atoms with Gasteiger partial charge in [0.15, 0.2) is 9.75 Å². The van der Waals surface area contributed by atoms with Crippen molar-refractivity contribution in [1.29, 1.82) is 0 Å². The molecular formula is C32H22Cl3FN2O5. The molecule has 2 heterocycles. The summed E-state index contributed by atoms with van der Waals surface area (Å²) in [6, 6.07) is 17.3. The van der Waals surface area contributed by atoms with Gasteiger partial charge in [-0.1, -0.05) is 35.4 Å². The Morgan fingerprint density at radius 2 is 1.37 bits per heavy atom. The number of benzene rings is 3. The molecule has 3 fully saturated rings. The topological polar surface area (TPSA) is 95.0 Å². The lowest BCUT2D eigenvalue weighted by Gasteiger charge is -2.50. The number of alkyl halides is 2. The first kappa shape index (κ1) is 28.1. The number of phenols is 1. The fraction of sp³-hybridized carbons (Fsp3) is 0.250. The van der Waals surface area contributed by atoms with Crippen LogP contribution in [0.3, 0.4) is 0 Å². The van der Waals surface area contributed by atoms with E-state index >= 15 is 0 Å². The number of rotatable bonds is 3. The number of phenolic OH excluding ortho intramolecular Hbond substituents is 1. The van der Waals surface area contributed by atoms with Gasteiger partial charge in [0.1, 0.15) is 11.6 Å². The quantitative estimate of drug-likeness (QED) is 0.217. The lowest BCUT2D eigenvalue weighted by atomic mass is 9.56. The van der Waals surface area contributed by atoms with Crippen LogP contribution in [0.15, 0.2) is 84.4 Å². The van der Waals surface area contributed by atoms with Gasteiger partial charge in [-0.2, -0.15) is 0 Å². The molecule has 2 aliphatic carbocycles. The molecule has 1 N–H and O–H groups in total. The van der Waals surface area contributed by atoms with E-state index < -0.39 is 57.0 Å². The lowest BCUT2D eigenvalue weighted by molar-refractivity contribution is -0.125. The molecule has 0 aromatic heterocycles. The fourth-order valence-corrected chi connectivity index (χ4v) is 8.35. The summed E-state index contributed by atoms with van der Waals surface area (Å²) in [5.41, 5.74) is 1.61. The van der Waals surface area contributed by atoms with Gasteiger partial charge >= 0.3 is 0 Å². The van der Waals surface area contributed by atoms with E-state index in [2.05, 4.69) is 0 Å². The van der Waals surface area contributed by atoms with E-state index in [9.17, 15) is 28.7 Å². The molecule has 6 unspecified atom stereocenters. The lowest BCUT2D eigenvalue weighted by Crippen LogP contribution is -2.60. The Hall–Kier alpha value is -3.72. The second kappa shape index (κ2) is 9.64. The van der Waals surface area contributed by atoms with E-state index in [0.717, 1.165) is 21.9 Å². The van der Waals surface area contributed by atoms with Crippen molar-refractivity contribution >= 4 is 69.8 Å². The number of hydrogen-bond acceptors (Lipinski definition) is 5. The Morgan fingerprint density at radius 1 is 0.767 bits per heavy atom. The molecule has 3 aromatic rings. The van der Waals surface area contributed by atoms with Crippen LogP contribution in [0.25, 0.3) is 0 Å². The summed E-state index contributed by atoms with van der Waals surface area (Å²) in [5, 5.41) is 10.5. The molecule has 0 radical (unpaired) electrons. The summed E-state index contributed by atoms with van der Waals surface area (Å²) in [6.45, 7) is 0. The summed E-state index contributed by atoms with van der Waals surface area (Å²) in [5.74, 6) is -6.22. The second-order valence-corrected chi connectivity index (χ2v) is 13.0. The summed E-state index contributed by atoms with van der Waals surface area (Å²) in [7, 11) is 0. The number of allylic oxidation sites excluding steroid dienone is 2. The number of carbonyl (C=O) groups excluding carboxylic acids is 4. The van der Waals surface area contributed by atoms with Gasteiger partial charge in [-0.15, -0.1) is 23.2 Å². The molecule has 0 bridgehead atoms. The van der Waals surface area contributed by atoms with Gasteiger partial charge in [0.2, 0.25) is 11.8 Å². The van der Waals surface area contributed by atoms with Gasteiger partial charge in [-0.3, -0.25) is 24.1 Å². The van der Waals surface area contributed by atoms with Crippen molar-refractivity contribution in [2.24, 2.45) is 17.8 Å². The molecule has 1 saturated carbocycles. The van der Waals surface area contributed by atoms with Crippen LogP contribution >= 0.6 is 34.8 Å². The van der Waals surface area contributed by atoms with Gasteiger partial charge in [0, 0.05) is 10.9 Å². The third-order valence-electron chi connectivity index (χ3n) is 9.21. The van der Waals surface area contributed by atoms with Crippen molar-refractivity contribution in [2.75, 3.05) is 9.80 Å². The van der Waals surface area contributed by atoms with Gasteiger partial charge in [0.05, 0.1) is 23.2 Å². The minimum atomic E-state index is -2.03. The zero-order chi connectivity index (χ0) is 30.4.